The van der Waals surface area contributed by atoms with Crippen LogP contribution in [-0.4, -0.2) is 20.0 Å². The number of halogens is 3. The summed E-state index contributed by atoms with van der Waals surface area (Å²) in [7, 11) is 3.05. The van der Waals surface area contributed by atoms with Crippen LogP contribution in [0.25, 0.3) is 0 Å². The van der Waals surface area contributed by atoms with Crippen molar-refractivity contribution in [3.8, 4) is 11.5 Å². The number of carbonyl (C=O) groups is 1. The predicted molar refractivity (Wildman–Crippen MR) is 89.8 cm³/mol. The summed E-state index contributed by atoms with van der Waals surface area (Å²) in [4.78, 5) is 12.7. The van der Waals surface area contributed by atoms with Crippen molar-refractivity contribution in [2.24, 2.45) is 0 Å². The van der Waals surface area contributed by atoms with E-state index in [1.807, 2.05) is 0 Å². The Morgan fingerprint density at radius 2 is 1.81 bits per heavy atom. The number of hydrogen-bond acceptors (Lipinski definition) is 3. The zero-order valence-electron chi connectivity index (χ0n) is 11.2. The van der Waals surface area contributed by atoms with Crippen LogP contribution >= 0.6 is 43.5 Å². The lowest BCUT2D eigenvalue weighted by Gasteiger charge is -2.13. The zero-order valence-corrected chi connectivity index (χ0v) is 15.2. The number of methoxy groups -OCH3 is 2. The Morgan fingerprint density at radius 1 is 1.10 bits per heavy atom. The van der Waals surface area contributed by atoms with Crippen LogP contribution in [0, 0.1) is 0 Å². The molecule has 0 aliphatic heterocycles. The second-order valence-corrected chi connectivity index (χ2v) is 6.32. The topological polar surface area (TPSA) is 35.5 Å². The quantitative estimate of drug-likeness (QED) is 0.627. The van der Waals surface area contributed by atoms with Crippen LogP contribution in [0.1, 0.15) is 15.9 Å². The van der Waals surface area contributed by atoms with E-state index in [-0.39, 0.29) is 5.78 Å². The molecule has 0 atom stereocenters. The van der Waals surface area contributed by atoms with Gasteiger partial charge in [0.15, 0.2) is 5.78 Å². The van der Waals surface area contributed by atoms with Crippen molar-refractivity contribution < 1.29 is 14.3 Å². The van der Waals surface area contributed by atoms with Gasteiger partial charge in [-0.1, -0.05) is 27.5 Å². The number of hydrogen-bond donors (Lipinski definition) is 0. The van der Waals surface area contributed by atoms with E-state index in [4.69, 9.17) is 21.1 Å². The fraction of sp³-hybridized carbons (Fsp3) is 0.133. The molecule has 0 amide bonds. The largest absolute Gasteiger partial charge is 0.497 e. The van der Waals surface area contributed by atoms with E-state index < -0.39 is 0 Å². The lowest BCUT2D eigenvalue weighted by molar-refractivity contribution is 0.103. The highest BCUT2D eigenvalue weighted by Crippen LogP contribution is 2.35. The SMILES string of the molecule is COc1cc(Br)c(C(=O)c2ccc(Br)cc2Cl)c(OC)c1. The summed E-state index contributed by atoms with van der Waals surface area (Å²) in [6.45, 7) is 0. The molecule has 0 N–H and O–H groups in total. The first-order valence-corrected chi connectivity index (χ1v) is 7.85. The molecule has 6 heteroatoms. The van der Waals surface area contributed by atoms with Crippen LogP contribution in [0.5, 0.6) is 11.5 Å². The Labute approximate surface area is 144 Å². The van der Waals surface area contributed by atoms with Gasteiger partial charge in [-0.25, -0.2) is 0 Å². The Kier molecular flexibility index (Phi) is 5.30. The van der Waals surface area contributed by atoms with Crippen molar-refractivity contribution in [2.75, 3.05) is 14.2 Å². The fourth-order valence-electron chi connectivity index (χ4n) is 1.87. The van der Waals surface area contributed by atoms with Gasteiger partial charge >= 0.3 is 0 Å². The minimum Gasteiger partial charge on any atom is -0.497 e. The average Bonchev–Trinajstić information content (AvgIpc) is 2.45. The molecule has 0 spiro atoms. The third-order valence-electron chi connectivity index (χ3n) is 2.89. The molecule has 2 aromatic carbocycles. The van der Waals surface area contributed by atoms with Crippen molar-refractivity contribution in [1.29, 1.82) is 0 Å². The van der Waals surface area contributed by atoms with E-state index >= 15 is 0 Å². The summed E-state index contributed by atoms with van der Waals surface area (Å²) in [5.41, 5.74) is 0.812. The molecule has 0 saturated heterocycles. The Hall–Kier alpha value is -1.04. The molecule has 0 bridgehead atoms. The molecule has 110 valence electrons. The van der Waals surface area contributed by atoms with E-state index in [1.54, 1.807) is 37.4 Å². The molecule has 2 aromatic rings. The van der Waals surface area contributed by atoms with Gasteiger partial charge in [0.05, 0.1) is 24.8 Å². The molecule has 0 unspecified atom stereocenters. The third-order valence-corrected chi connectivity index (χ3v) is 4.32. The van der Waals surface area contributed by atoms with Gasteiger partial charge in [-0.3, -0.25) is 4.79 Å². The number of ether oxygens (including phenoxy) is 2. The van der Waals surface area contributed by atoms with Crippen LogP contribution < -0.4 is 9.47 Å². The summed E-state index contributed by atoms with van der Waals surface area (Å²) in [6, 6.07) is 8.49. The number of ketones is 1. The molecule has 0 aliphatic rings. The van der Waals surface area contributed by atoms with Crippen LogP contribution in [0.4, 0.5) is 0 Å². The van der Waals surface area contributed by atoms with E-state index in [0.717, 1.165) is 4.47 Å². The number of benzene rings is 2. The van der Waals surface area contributed by atoms with E-state index in [1.165, 1.54) is 7.11 Å². The minimum absolute atomic E-state index is 0.223. The first-order chi connectivity index (χ1) is 9.97. The van der Waals surface area contributed by atoms with Crippen LogP contribution in [-0.2, 0) is 0 Å². The number of carbonyl (C=O) groups excluding carboxylic acids is 1. The zero-order chi connectivity index (χ0) is 15.6. The molecule has 0 radical (unpaired) electrons. The lowest BCUT2D eigenvalue weighted by Crippen LogP contribution is -2.06. The van der Waals surface area contributed by atoms with Crippen molar-refractivity contribution in [3.05, 3.63) is 55.4 Å². The smallest absolute Gasteiger partial charge is 0.199 e. The van der Waals surface area contributed by atoms with Crippen molar-refractivity contribution in [2.45, 2.75) is 0 Å². The third kappa shape index (κ3) is 3.42. The van der Waals surface area contributed by atoms with Gasteiger partial charge in [0.25, 0.3) is 0 Å². The maximum Gasteiger partial charge on any atom is 0.199 e. The first kappa shape index (κ1) is 16.3. The van der Waals surface area contributed by atoms with Crippen molar-refractivity contribution >= 4 is 49.2 Å². The molecule has 0 heterocycles. The highest BCUT2D eigenvalue weighted by molar-refractivity contribution is 9.10. The summed E-state index contributed by atoms with van der Waals surface area (Å²) >= 11 is 12.8. The number of rotatable bonds is 4. The van der Waals surface area contributed by atoms with Gasteiger partial charge in [-0.05, 0) is 40.2 Å². The van der Waals surface area contributed by atoms with Gasteiger partial charge in [0.2, 0.25) is 0 Å². The Morgan fingerprint density at radius 3 is 2.38 bits per heavy atom. The highest BCUT2D eigenvalue weighted by Gasteiger charge is 2.21. The lowest BCUT2D eigenvalue weighted by atomic mass is 10.0. The average molecular weight is 435 g/mol. The molecule has 2 rings (SSSR count). The fourth-order valence-corrected chi connectivity index (χ4v) is 3.23. The first-order valence-electron chi connectivity index (χ1n) is 5.89. The monoisotopic (exact) mass is 432 g/mol. The standard InChI is InChI=1S/C15H11Br2ClO3/c1-20-9-6-11(17)14(13(7-9)21-2)15(19)10-4-3-8(16)5-12(10)18/h3-7H,1-2H3. The molecule has 3 nitrogen and oxygen atoms in total. The highest BCUT2D eigenvalue weighted by atomic mass is 79.9. The van der Waals surface area contributed by atoms with E-state index in [9.17, 15) is 4.79 Å². The molecule has 0 aliphatic carbocycles. The Bertz CT molecular complexity index is 702. The second-order valence-electron chi connectivity index (χ2n) is 4.14. The molecule has 0 fully saturated rings. The summed E-state index contributed by atoms with van der Waals surface area (Å²) in [6.07, 6.45) is 0. The predicted octanol–water partition coefficient (Wildman–Crippen LogP) is 5.11. The van der Waals surface area contributed by atoms with E-state index in [0.29, 0.717) is 32.1 Å². The van der Waals surface area contributed by atoms with Crippen molar-refractivity contribution in [1.82, 2.24) is 0 Å². The van der Waals surface area contributed by atoms with Gasteiger partial charge in [0, 0.05) is 20.6 Å². The molecular weight excluding hydrogens is 423 g/mol. The van der Waals surface area contributed by atoms with Crippen LogP contribution in [0.3, 0.4) is 0 Å². The second kappa shape index (κ2) is 6.81. The Balaban J connectivity index is 2.57. The summed E-state index contributed by atoms with van der Waals surface area (Å²) in [5.74, 6) is 0.793. The van der Waals surface area contributed by atoms with Gasteiger partial charge in [-0.15, -0.1) is 0 Å². The maximum absolute atomic E-state index is 12.7. The van der Waals surface area contributed by atoms with Gasteiger partial charge < -0.3 is 9.47 Å². The minimum atomic E-state index is -0.223. The molecular formula is C15H11Br2ClO3. The van der Waals surface area contributed by atoms with E-state index in [2.05, 4.69) is 31.9 Å². The van der Waals surface area contributed by atoms with Crippen molar-refractivity contribution in [3.63, 3.8) is 0 Å². The van der Waals surface area contributed by atoms with Crippen LogP contribution in [0.2, 0.25) is 5.02 Å². The molecule has 21 heavy (non-hydrogen) atoms. The normalized spacial score (nSPS) is 10.3. The molecule has 0 saturated carbocycles. The summed E-state index contributed by atoms with van der Waals surface area (Å²) in [5, 5.41) is 0.374. The maximum atomic E-state index is 12.7. The van der Waals surface area contributed by atoms with Gasteiger partial charge in [0.1, 0.15) is 11.5 Å². The molecule has 0 aromatic heterocycles. The van der Waals surface area contributed by atoms with Crippen LogP contribution in [0.15, 0.2) is 39.3 Å². The van der Waals surface area contributed by atoms with Gasteiger partial charge in [-0.2, -0.15) is 0 Å². The summed E-state index contributed by atoms with van der Waals surface area (Å²) < 4.78 is 11.9.